The number of nitro groups is 1. The zero-order valence-corrected chi connectivity index (χ0v) is 12.6. The van der Waals surface area contributed by atoms with E-state index in [0.717, 1.165) is 4.90 Å². The number of amides is 2. The molecule has 7 nitrogen and oxygen atoms in total. The van der Waals surface area contributed by atoms with Crippen LogP contribution in [0.5, 0.6) is 0 Å². The quantitative estimate of drug-likeness (QED) is 0.345. The van der Waals surface area contributed by atoms with Crippen molar-refractivity contribution in [1.82, 2.24) is 0 Å². The molecule has 4 atom stereocenters. The number of benzene rings is 1. The van der Waals surface area contributed by atoms with Gasteiger partial charge in [-0.3, -0.25) is 19.7 Å². The monoisotopic (exact) mass is 364 g/mol. The molecule has 0 N–H and O–H groups in total. The summed E-state index contributed by atoms with van der Waals surface area (Å²) in [6.07, 6.45) is 2.73. The molecule has 1 aromatic rings. The van der Waals surface area contributed by atoms with Crippen molar-refractivity contribution in [3.63, 3.8) is 0 Å². The van der Waals surface area contributed by atoms with Crippen LogP contribution in [0.15, 0.2) is 34.8 Å². The lowest BCUT2D eigenvalue weighted by atomic mass is 9.85. The summed E-state index contributed by atoms with van der Waals surface area (Å²) in [5.74, 6) is -2.02. The Labute approximate surface area is 132 Å². The molecule has 4 rings (SSSR count). The van der Waals surface area contributed by atoms with Gasteiger partial charge < -0.3 is 4.74 Å². The van der Waals surface area contributed by atoms with Crippen molar-refractivity contribution in [3.8, 4) is 0 Å². The minimum atomic E-state index is -0.599. The van der Waals surface area contributed by atoms with Crippen LogP contribution < -0.4 is 4.90 Å². The van der Waals surface area contributed by atoms with Gasteiger partial charge in [-0.2, -0.15) is 0 Å². The van der Waals surface area contributed by atoms with Crippen molar-refractivity contribution < 1.29 is 19.2 Å². The zero-order valence-electron chi connectivity index (χ0n) is 11.0. The van der Waals surface area contributed by atoms with Gasteiger partial charge >= 0.3 is 0 Å². The molecule has 0 radical (unpaired) electrons. The standard InChI is InChI=1S/C14H9BrN2O5/c15-6-1-2-7(8(5-6)17(20)21)16-13(18)11-9-3-4-10(22-9)12(11)14(16)19/h1-5,9-12H. The topological polar surface area (TPSA) is 89.8 Å². The fourth-order valence-electron chi connectivity index (χ4n) is 3.37. The van der Waals surface area contributed by atoms with E-state index in [1.807, 2.05) is 0 Å². The Morgan fingerprint density at radius 1 is 1.14 bits per heavy atom. The van der Waals surface area contributed by atoms with E-state index in [1.54, 1.807) is 18.2 Å². The van der Waals surface area contributed by atoms with Crippen molar-refractivity contribution in [2.45, 2.75) is 12.2 Å². The fraction of sp³-hybridized carbons (Fsp3) is 0.286. The highest BCUT2D eigenvalue weighted by molar-refractivity contribution is 9.10. The summed E-state index contributed by atoms with van der Waals surface area (Å²) in [6.45, 7) is 0. The van der Waals surface area contributed by atoms with Crippen molar-refractivity contribution in [2.24, 2.45) is 11.8 Å². The molecule has 2 amide bonds. The third-order valence-corrected chi connectivity index (χ3v) is 4.78. The molecule has 0 saturated carbocycles. The van der Waals surface area contributed by atoms with E-state index in [0.29, 0.717) is 4.47 Å². The van der Waals surface area contributed by atoms with Crippen LogP contribution in [0.2, 0.25) is 0 Å². The lowest BCUT2D eigenvalue weighted by molar-refractivity contribution is -0.384. The second-order valence-corrected chi connectivity index (χ2v) is 6.32. The van der Waals surface area contributed by atoms with Gasteiger partial charge in [0.15, 0.2) is 0 Å². The maximum Gasteiger partial charge on any atom is 0.294 e. The average Bonchev–Trinajstić information content (AvgIpc) is 3.14. The number of imide groups is 1. The van der Waals surface area contributed by atoms with Crippen LogP contribution >= 0.6 is 15.9 Å². The molecule has 2 bridgehead atoms. The molecular weight excluding hydrogens is 356 g/mol. The maximum atomic E-state index is 12.6. The van der Waals surface area contributed by atoms with Crippen LogP contribution in [0.4, 0.5) is 11.4 Å². The Morgan fingerprint density at radius 2 is 1.73 bits per heavy atom. The molecule has 0 aliphatic carbocycles. The normalized spacial score (nSPS) is 32.0. The molecule has 0 aromatic heterocycles. The van der Waals surface area contributed by atoms with Crippen LogP contribution in [0.25, 0.3) is 0 Å². The first-order chi connectivity index (χ1) is 10.5. The molecule has 112 valence electrons. The number of rotatable bonds is 2. The van der Waals surface area contributed by atoms with Crippen molar-refractivity contribution in [2.75, 3.05) is 4.90 Å². The van der Waals surface area contributed by atoms with E-state index >= 15 is 0 Å². The van der Waals surface area contributed by atoms with Gasteiger partial charge in [-0.15, -0.1) is 0 Å². The third-order valence-electron chi connectivity index (χ3n) is 4.29. The number of carbonyl (C=O) groups is 2. The second-order valence-electron chi connectivity index (χ2n) is 5.40. The highest BCUT2D eigenvalue weighted by Crippen LogP contribution is 2.47. The molecule has 4 unspecified atom stereocenters. The number of nitro benzene ring substituents is 1. The number of nitrogens with zero attached hydrogens (tertiary/aromatic N) is 2. The number of anilines is 1. The van der Waals surface area contributed by atoms with E-state index < -0.39 is 40.8 Å². The van der Waals surface area contributed by atoms with Gasteiger partial charge in [-0.1, -0.05) is 28.1 Å². The number of halogens is 1. The van der Waals surface area contributed by atoms with Gasteiger partial charge in [0, 0.05) is 10.5 Å². The number of hydrogen-bond acceptors (Lipinski definition) is 5. The van der Waals surface area contributed by atoms with E-state index in [-0.39, 0.29) is 11.4 Å². The smallest absolute Gasteiger partial charge is 0.294 e. The molecular formula is C14H9BrN2O5. The van der Waals surface area contributed by atoms with E-state index in [2.05, 4.69) is 15.9 Å². The van der Waals surface area contributed by atoms with E-state index in [9.17, 15) is 19.7 Å². The summed E-state index contributed by atoms with van der Waals surface area (Å²) in [5.41, 5.74) is -0.269. The number of fused-ring (bicyclic) bond motifs is 5. The SMILES string of the molecule is O=C1C2C3C=CC(O3)C2C(=O)N1c1ccc(Br)cc1[N+](=O)[O-]. The lowest BCUT2D eigenvalue weighted by Crippen LogP contribution is -2.34. The lowest BCUT2D eigenvalue weighted by Gasteiger charge is -2.17. The molecule has 2 saturated heterocycles. The Balaban J connectivity index is 1.81. The van der Waals surface area contributed by atoms with Crippen molar-refractivity contribution in [1.29, 1.82) is 0 Å². The Hall–Kier alpha value is -2.06. The van der Waals surface area contributed by atoms with Crippen molar-refractivity contribution >= 4 is 39.1 Å². The van der Waals surface area contributed by atoms with Crippen LogP contribution in [-0.4, -0.2) is 28.9 Å². The highest BCUT2D eigenvalue weighted by Gasteiger charge is 2.61. The Morgan fingerprint density at radius 3 is 2.27 bits per heavy atom. The number of carbonyl (C=O) groups excluding carboxylic acids is 2. The Kier molecular flexibility index (Phi) is 2.76. The molecule has 22 heavy (non-hydrogen) atoms. The van der Waals surface area contributed by atoms with E-state index in [4.69, 9.17) is 4.74 Å². The molecule has 3 heterocycles. The number of hydrogen-bond donors (Lipinski definition) is 0. The van der Waals surface area contributed by atoms with Crippen LogP contribution in [0, 0.1) is 22.0 Å². The van der Waals surface area contributed by atoms with Crippen LogP contribution in [0.3, 0.4) is 0 Å². The number of ether oxygens (including phenoxy) is 1. The van der Waals surface area contributed by atoms with Gasteiger partial charge in [-0.25, -0.2) is 4.90 Å². The summed E-state index contributed by atoms with van der Waals surface area (Å²) < 4.78 is 6.05. The summed E-state index contributed by atoms with van der Waals surface area (Å²) in [5, 5.41) is 11.2. The molecule has 3 aliphatic rings. The minimum Gasteiger partial charge on any atom is -0.365 e. The molecule has 1 aromatic carbocycles. The third kappa shape index (κ3) is 1.65. The fourth-order valence-corrected chi connectivity index (χ4v) is 3.72. The van der Waals surface area contributed by atoms with Gasteiger partial charge in [-0.05, 0) is 12.1 Å². The first-order valence-electron chi connectivity index (χ1n) is 6.64. The van der Waals surface area contributed by atoms with E-state index in [1.165, 1.54) is 12.1 Å². The molecule has 2 fully saturated rings. The predicted octanol–water partition coefficient (Wildman–Crippen LogP) is 1.80. The van der Waals surface area contributed by atoms with Crippen LogP contribution in [-0.2, 0) is 14.3 Å². The Bertz CT molecular complexity index is 732. The predicted molar refractivity (Wildman–Crippen MR) is 78.1 cm³/mol. The summed E-state index contributed by atoms with van der Waals surface area (Å²) in [6, 6.07) is 4.27. The van der Waals surface area contributed by atoms with Crippen molar-refractivity contribution in [3.05, 3.63) is 44.9 Å². The molecule has 0 spiro atoms. The zero-order chi connectivity index (χ0) is 15.6. The van der Waals surface area contributed by atoms with Gasteiger partial charge in [0.2, 0.25) is 11.8 Å². The minimum absolute atomic E-state index is 0.0111. The highest BCUT2D eigenvalue weighted by atomic mass is 79.9. The summed E-state index contributed by atoms with van der Waals surface area (Å²) in [4.78, 5) is 36.8. The summed E-state index contributed by atoms with van der Waals surface area (Å²) in [7, 11) is 0. The largest absolute Gasteiger partial charge is 0.365 e. The first-order valence-corrected chi connectivity index (χ1v) is 7.44. The second kappa shape index (κ2) is 4.47. The summed E-state index contributed by atoms with van der Waals surface area (Å²) >= 11 is 3.16. The molecule has 8 heteroatoms. The van der Waals surface area contributed by atoms with Crippen LogP contribution in [0.1, 0.15) is 0 Å². The average molecular weight is 365 g/mol. The van der Waals surface area contributed by atoms with Gasteiger partial charge in [0.1, 0.15) is 5.69 Å². The van der Waals surface area contributed by atoms with Gasteiger partial charge in [0.25, 0.3) is 5.69 Å². The molecule has 3 aliphatic heterocycles. The first kappa shape index (κ1) is 13.6. The maximum absolute atomic E-state index is 12.6. The van der Waals surface area contributed by atoms with Gasteiger partial charge in [0.05, 0.1) is 29.0 Å².